The second-order valence-electron chi connectivity index (χ2n) is 5.28. The molecule has 18 heavy (non-hydrogen) atoms. The van der Waals surface area contributed by atoms with Crippen molar-refractivity contribution in [1.82, 2.24) is 0 Å². The molecule has 0 amide bonds. The Bertz CT molecular complexity index is 387. The van der Waals surface area contributed by atoms with E-state index >= 15 is 0 Å². The van der Waals surface area contributed by atoms with Crippen molar-refractivity contribution >= 4 is 55.1 Å². The molecule has 4 heteroatoms. The van der Waals surface area contributed by atoms with E-state index in [-0.39, 0.29) is 5.41 Å². The predicted octanol–water partition coefficient (Wildman–Crippen LogP) is 6.36. The molecule has 0 saturated heterocycles. The van der Waals surface area contributed by atoms with E-state index in [1.807, 2.05) is 18.2 Å². The molecule has 0 saturated carbocycles. The van der Waals surface area contributed by atoms with E-state index in [0.29, 0.717) is 5.92 Å². The van der Waals surface area contributed by atoms with Gasteiger partial charge in [0.15, 0.2) is 0 Å². The molecule has 0 aromatic heterocycles. The van der Waals surface area contributed by atoms with E-state index in [9.17, 15) is 0 Å². The second-order valence-corrected chi connectivity index (χ2v) is 7.24. The maximum absolute atomic E-state index is 6.26. The third-order valence-corrected chi connectivity index (χ3v) is 5.96. The molecule has 0 spiro atoms. The average Bonchev–Trinajstić information content (AvgIpc) is 2.32. The minimum Gasteiger partial charge on any atom is -0.0922 e. The van der Waals surface area contributed by atoms with Crippen LogP contribution in [0.5, 0.6) is 0 Å². The molecule has 1 aromatic carbocycles. The summed E-state index contributed by atoms with van der Waals surface area (Å²) in [5.41, 5.74) is 1.31. The highest BCUT2D eigenvalue weighted by atomic mass is 79.9. The first-order valence-corrected chi connectivity index (χ1v) is 8.98. The van der Waals surface area contributed by atoms with Crippen molar-refractivity contribution in [2.75, 3.05) is 10.7 Å². The lowest BCUT2D eigenvalue weighted by Crippen LogP contribution is -2.29. The summed E-state index contributed by atoms with van der Waals surface area (Å²) >= 11 is 19.6. The van der Waals surface area contributed by atoms with Crippen LogP contribution in [0.2, 0.25) is 10.0 Å². The van der Waals surface area contributed by atoms with Crippen LogP contribution in [0.1, 0.15) is 25.8 Å². The zero-order valence-electron chi connectivity index (χ0n) is 10.6. The van der Waals surface area contributed by atoms with E-state index in [2.05, 4.69) is 45.7 Å². The van der Waals surface area contributed by atoms with E-state index in [1.165, 1.54) is 0 Å². The van der Waals surface area contributed by atoms with Gasteiger partial charge in [0.1, 0.15) is 0 Å². The molecule has 0 fully saturated rings. The monoisotopic (exact) mass is 414 g/mol. The fraction of sp³-hybridized carbons (Fsp3) is 0.571. The van der Waals surface area contributed by atoms with Crippen molar-refractivity contribution in [2.24, 2.45) is 11.3 Å². The van der Waals surface area contributed by atoms with Gasteiger partial charge in [-0.05, 0) is 47.9 Å². The number of benzene rings is 1. The molecule has 0 N–H and O–H groups in total. The predicted molar refractivity (Wildman–Crippen MR) is 89.6 cm³/mol. The molecule has 0 heterocycles. The van der Waals surface area contributed by atoms with Crippen molar-refractivity contribution < 1.29 is 0 Å². The number of hydrogen-bond acceptors (Lipinski definition) is 0. The number of rotatable bonds is 6. The molecular formula is C14H18Br2Cl2. The van der Waals surface area contributed by atoms with Crippen molar-refractivity contribution in [3.05, 3.63) is 33.8 Å². The molecule has 0 atom stereocenters. The Morgan fingerprint density at radius 2 is 1.78 bits per heavy atom. The summed E-state index contributed by atoms with van der Waals surface area (Å²) in [6, 6.07) is 5.69. The average molecular weight is 417 g/mol. The number of halogens is 4. The molecule has 0 unspecified atom stereocenters. The number of hydrogen-bond donors (Lipinski definition) is 0. The van der Waals surface area contributed by atoms with Gasteiger partial charge in [-0.1, -0.05) is 68.9 Å². The third kappa shape index (κ3) is 4.70. The van der Waals surface area contributed by atoms with Gasteiger partial charge >= 0.3 is 0 Å². The van der Waals surface area contributed by atoms with Crippen molar-refractivity contribution in [3.63, 3.8) is 0 Å². The normalized spacial score (nSPS) is 12.2. The molecule has 1 aromatic rings. The molecule has 0 aliphatic rings. The largest absolute Gasteiger partial charge is 0.0922 e. The summed E-state index contributed by atoms with van der Waals surface area (Å²) < 4.78 is 0. The van der Waals surface area contributed by atoms with Crippen LogP contribution in [0, 0.1) is 11.3 Å². The highest BCUT2D eigenvalue weighted by Gasteiger charge is 2.30. The Morgan fingerprint density at radius 3 is 2.28 bits per heavy atom. The lowest BCUT2D eigenvalue weighted by molar-refractivity contribution is 0.304. The van der Waals surface area contributed by atoms with E-state index in [4.69, 9.17) is 23.2 Å². The maximum Gasteiger partial charge on any atom is 0.0439 e. The van der Waals surface area contributed by atoms with Crippen LogP contribution in [-0.4, -0.2) is 10.7 Å². The molecule has 1 rings (SSSR count). The lowest BCUT2D eigenvalue weighted by Gasteiger charge is -2.32. The van der Waals surface area contributed by atoms with Crippen LogP contribution in [0.4, 0.5) is 0 Å². The van der Waals surface area contributed by atoms with Gasteiger partial charge in [-0.2, -0.15) is 0 Å². The van der Waals surface area contributed by atoms with E-state index in [1.54, 1.807) is 0 Å². The van der Waals surface area contributed by atoms with E-state index in [0.717, 1.165) is 39.1 Å². The quantitative estimate of drug-likeness (QED) is 0.473. The summed E-state index contributed by atoms with van der Waals surface area (Å²) in [5.74, 6) is 0.651. The van der Waals surface area contributed by atoms with Crippen molar-refractivity contribution in [3.8, 4) is 0 Å². The lowest BCUT2D eigenvalue weighted by atomic mass is 9.79. The summed E-state index contributed by atoms with van der Waals surface area (Å²) in [6.45, 7) is 4.50. The molecule has 102 valence electrons. The standard InChI is InChI=1S/C14H18Br2Cl2/c1-10(2)6-14(8-15,9-16)7-11-5-12(17)3-4-13(11)18/h3-5,10H,6-9H2,1-2H3. The Labute approximate surface area is 137 Å². The molecular weight excluding hydrogens is 399 g/mol. The summed E-state index contributed by atoms with van der Waals surface area (Å²) in [6.07, 6.45) is 2.08. The van der Waals surface area contributed by atoms with Crippen LogP contribution in [0.15, 0.2) is 18.2 Å². The molecule has 0 aliphatic heterocycles. The summed E-state index contributed by atoms with van der Waals surface area (Å²) in [7, 11) is 0. The molecule has 0 aliphatic carbocycles. The second kappa shape index (κ2) is 7.52. The SMILES string of the molecule is CC(C)CC(CBr)(CBr)Cc1cc(Cl)ccc1Cl. The van der Waals surface area contributed by atoms with Crippen LogP contribution in [0.25, 0.3) is 0 Å². The van der Waals surface area contributed by atoms with Crippen molar-refractivity contribution in [1.29, 1.82) is 0 Å². The number of alkyl halides is 2. The van der Waals surface area contributed by atoms with Gasteiger partial charge in [-0.15, -0.1) is 0 Å². The first-order chi connectivity index (χ1) is 8.42. The van der Waals surface area contributed by atoms with Crippen LogP contribution in [-0.2, 0) is 6.42 Å². The highest BCUT2D eigenvalue weighted by molar-refractivity contribution is 9.09. The smallest absolute Gasteiger partial charge is 0.0439 e. The van der Waals surface area contributed by atoms with Gasteiger partial charge in [0.25, 0.3) is 0 Å². The fourth-order valence-electron chi connectivity index (χ4n) is 2.26. The maximum atomic E-state index is 6.26. The molecule has 0 bridgehead atoms. The third-order valence-electron chi connectivity index (χ3n) is 2.98. The highest BCUT2D eigenvalue weighted by Crippen LogP contribution is 2.37. The van der Waals surface area contributed by atoms with Gasteiger partial charge in [-0.3, -0.25) is 0 Å². The first-order valence-electron chi connectivity index (χ1n) is 5.98. The minimum absolute atomic E-state index is 0.183. The van der Waals surface area contributed by atoms with Crippen LogP contribution < -0.4 is 0 Å². The van der Waals surface area contributed by atoms with Crippen molar-refractivity contribution in [2.45, 2.75) is 26.7 Å². The minimum atomic E-state index is 0.183. The fourth-order valence-corrected chi connectivity index (χ4v) is 4.42. The molecule has 0 nitrogen and oxygen atoms in total. The molecule has 0 radical (unpaired) electrons. The van der Waals surface area contributed by atoms with Crippen LogP contribution in [0.3, 0.4) is 0 Å². The van der Waals surface area contributed by atoms with E-state index < -0.39 is 0 Å². The van der Waals surface area contributed by atoms with Gasteiger partial charge in [-0.25, -0.2) is 0 Å². The Hall–Kier alpha value is 0.760. The van der Waals surface area contributed by atoms with Gasteiger partial charge in [0.2, 0.25) is 0 Å². The Morgan fingerprint density at radius 1 is 1.17 bits per heavy atom. The zero-order valence-corrected chi connectivity index (χ0v) is 15.3. The van der Waals surface area contributed by atoms with Crippen LogP contribution >= 0.6 is 55.1 Å². The Balaban J connectivity index is 2.98. The van der Waals surface area contributed by atoms with Gasteiger partial charge in [0.05, 0.1) is 0 Å². The topological polar surface area (TPSA) is 0 Å². The summed E-state index contributed by atoms with van der Waals surface area (Å²) in [5, 5.41) is 3.45. The summed E-state index contributed by atoms with van der Waals surface area (Å²) in [4.78, 5) is 0. The zero-order chi connectivity index (χ0) is 13.8. The first kappa shape index (κ1) is 16.8. The van der Waals surface area contributed by atoms with Gasteiger partial charge < -0.3 is 0 Å². The van der Waals surface area contributed by atoms with Gasteiger partial charge in [0, 0.05) is 20.7 Å². The Kier molecular flexibility index (Phi) is 7.02.